The van der Waals surface area contributed by atoms with Crippen LogP contribution in [0.15, 0.2) is 17.2 Å². The summed E-state index contributed by atoms with van der Waals surface area (Å²) >= 11 is 0. The highest BCUT2D eigenvalue weighted by Crippen LogP contribution is 2.21. The lowest BCUT2D eigenvalue weighted by atomic mass is 9.95. The summed E-state index contributed by atoms with van der Waals surface area (Å²) in [5.74, 6) is 1.19. The Bertz CT molecular complexity index is 467. The van der Waals surface area contributed by atoms with Crippen molar-refractivity contribution in [1.29, 1.82) is 0 Å². The van der Waals surface area contributed by atoms with E-state index in [1.54, 1.807) is 17.0 Å². The summed E-state index contributed by atoms with van der Waals surface area (Å²) in [7, 11) is 0. The first-order valence-corrected chi connectivity index (χ1v) is 7.15. The molecule has 5 nitrogen and oxygen atoms in total. The summed E-state index contributed by atoms with van der Waals surface area (Å²) in [6.07, 6.45) is 6.84. The van der Waals surface area contributed by atoms with Crippen LogP contribution in [0.2, 0.25) is 0 Å². The maximum atomic E-state index is 12.4. The van der Waals surface area contributed by atoms with E-state index in [4.69, 9.17) is 5.73 Å². The summed E-state index contributed by atoms with van der Waals surface area (Å²) < 4.78 is 1.74. The fraction of sp³-hybridized carbons (Fsp3) is 0.714. The molecule has 2 rings (SSSR count). The number of hydrogen-bond donors (Lipinski definition) is 1. The Kier molecular flexibility index (Phi) is 4.58. The number of anilines is 1. The molecule has 0 radical (unpaired) electrons. The Balaban J connectivity index is 2.22. The quantitative estimate of drug-likeness (QED) is 0.892. The standard InChI is InChI=1S/C14H24N4O/c1-11(2)18-9-7-16-13(14(18)19)17-8-3-4-12(10-17)5-6-15/h7,9,11-12H,3-6,8,10,15H2,1-2H3. The van der Waals surface area contributed by atoms with Gasteiger partial charge < -0.3 is 15.2 Å². The number of nitrogens with two attached hydrogens (primary N) is 1. The molecule has 1 aromatic rings. The van der Waals surface area contributed by atoms with Crippen molar-refractivity contribution in [2.24, 2.45) is 11.7 Å². The van der Waals surface area contributed by atoms with Gasteiger partial charge in [0, 0.05) is 31.5 Å². The zero-order valence-corrected chi connectivity index (χ0v) is 11.9. The van der Waals surface area contributed by atoms with Crippen LogP contribution in [-0.2, 0) is 0 Å². The monoisotopic (exact) mass is 264 g/mol. The summed E-state index contributed by atoms with van der Waals surface area (Å²) in [5, 5.41) is 0. The summed E-state index contributed by atoms with van der Waals surface area (Å²) in [4.78, 5) is 18.8. The average Bonchev–Trinajstić information content (AvgIpc) is 2.39. The van der Waals surface area contributed by atoms with E-state index in [0.29, 0.717) is 11.7 Å². The molecule has 1 aromatic heterocycles. The molecule has 5 heteroatoms. The third kappa shape index (κ3) is 3.15. The zero-order valence-electron chi connectivity index (χ0n) is 11.9. The molecule has 1 fully saturated rings. The maximum absolute atomic E-state index is 12.4. The van der Waals surface area contributed by atoms with Crippen LogP contribution in [-0.4, -0.2) is 29.2 Å². The van der Waals surface area contributed by atoms with Crippen LogP contribution in [0.25, 0.3) is 0 Å². The fourth-order valence-corrected chi connectivity index (χ4v) is 2.77. The van der Waals surface area contributed by atoms with E-state index < -0.39 is 0 Å². The summed E-state index contributed by atoms with van der Waals surface area (Å²) in [6.45, 7) is 6.57. The second-order valence-electron chi connectivity index (χ2n) is 5.59. The van der Waals surface area contributed by atoms with Crippen LogP contribution >= 0.6 is 0 Å². The van der Waals surface area contributed by atoms with Crippen LogP contribution in [0, 0.1) is 5.92 Å². The summed E-state index contributed by atoms with van der Waals surface area (Å²) in [6, 6.07) is 0.166. The van der Waals surface area contributed by atoms with Gasteiger partial charge in [-0.2, -0.15) is 0 Å². The van der Waals surface area contributed by atoms with Crippen LogP contribution in [0.5, 0.6) is 0 Å². The number of rotatable bonds is 4. The molecular formula is C14H24N4O. The molecule has 1 aliphatic rings. The molecule has 1 aliphatic heterocycles. The van der Waals surface area contributed by atoms with Gasteiger partial charge in [0.25, 0.3) is 5.56 Å². The number of nitrogens with zero attached hydrogens (tertiary/aromatic N) is 3. The number of aromatic nitrogens is 2. The van der Waals surface area contributed by atoms with Crippen molar-refractivity contribution >= 4 is 5.82 Å². The molecule has 0 aromatic carbocycles. The predicted octanol–water partition coefficient (Wildman–Crippen LogP) is 1.39. The average molecular weight is 264 g/mol. The normalized spacial score (nSPS) is 20.0. The molecule has 1 saturated heterocycles. The van der Waals surface area contributed by atoms with E-state index in [-0.39, 0.29) is 11.6 Å². The highest BCUT2D eigenvalue weighted by molar-refractivity contribution is 5.36. The number of piperidine rings is 1. The smallest absolute Gasteiger partial charge is 0.293 e. The minimum absolute atomic E-state index is 0.0194. The maximum Gasteiger partial charge on any atom is 0.293 e. The molecular weight excluding hydrogens is 240 g/mol. The molecule has 0 aliphatic carbocycles. The molecule has 0 spiro atoms. The Morgan fingerprint density at radius 3 is 3.00 bits per heavy atom. The summed E-state index contributed by atoms with van der Waals surface area (Å²) in [5.41, 5.74) is 5.66. The highest BCUT2D eigenvalue weighted by Gasteiger charge is 2.22. The van der Waals surface area contributed by atoms with Crippen molar-refractivity contribution in [1.82, 2.24) is 9.55 Å². The van der Waals surface area contributed by atoms with Gasteiger partial charge >= 0.3 is 0 Å². The Hall–Kier alpha value is -1.36. The first-order valence-electron chi connectivity index (χ1n) is 7.15. The third-order valence-corrected chi connectivity index (χ3v) is 3.80. The van der Waals surface area contributed by atoms with Crippen LogP contribution in [0.3, 0.4) is 0 Å². The number of hydrogen-bond acceptors (Lipinski definition) is 4. The SMILES string of the molecule is CC(C)n1ccnc(N2CCCC(CCN)C2)c1=O. The minimum atomic E-state index is 0.0194. The first-order chi connectivity index (χ1) is 9.13. The van der Waals surface area contributed by atoms with Crippen LogP contribution in [0.1, 0.15) is 39.2 Å². The van der Waals surface area contributed by atoms with Gasteiger partial charge in [0.1, 0.15) is 0 Å². The molecule has 1 atom stereocenters. The van der Waals surface area contributed by atoms with Crippen LogP contribution in [0.4, 0.5) is 5.82 Å². The van der Waals surface area contributed by atoms with Gasteiger partial charge in [0.2, 0.25) is 0 Å². The van der Waals surface area contributed by atoms with E-state index in [9.17, 15) is 4.79 Å². The van der Waals surface area contributed by atoms with Crippen molar-refractivity contribution < 1.29 is 0 Å². The van der Waals surface area contributed by atoms with E-state index >= 15 is 0 Å². The van der Waals surface area contributed by atoms with E-state index in [1.807, 2.05) is 13.8 Å². The molecule has 0 saturated carbocycles. The fourth-order valence-electron chi connectivity index (χ4n) is 2.77. The van der Waals surface area contributed by atoms with Gasteiger partial charge in [0.05, 0.1) is 0 Å². The van der Waals surface area contributed by atoms with Crippen molar-refractivity contribution in [2.45, 2.75) is 39.2 Å². The van der Waals surface area contributed by atoms with Gasteiger partial charge in [-0.3, -0.25) is 4.79 Å². The Morgan fingerprint density at radius 2 is 2.32 bits per heavy atom. The lowest BCUT2D eigenvalue weighted by Crippen LogP contribution is -2.41. The lowest BCUT2D eigenvalue weighted by Gasteiger charge is -2.33. The van der Waals surface area contributed by atoms with Gasteiger partial charge in [0.15, 0.2) is 5.82 Å². The van der Waals surface area contributed by atoms with E-state index in [2.05, 4.69) is 9.88 Å². The molecule has 1 unspecified atom stereocenters. The second kappa shape index (κ2) is 6.19. The zero-order chi connectivity index (χ0) is 13.8. The van der Waals surface area contributed by atoms with Crippen molar-refractivity contribution in [2.75, 3.05) is 24.5 Å². The lowest BCUT2D eigenvalue weighted by molar-refractivity contribution is 0.392. The third-order valence-electron chi connectivity index (χ3n) is 3.80. The molecule has 0 amide bonds. The predicted molar refractivity (Wildman–Crippen MR) is 77.5 cm³/mol. The Morgan fingerprint density at radius 1 is 1.53 bits per heavy atom. The van der Waals surface area contributed by atoms with Gasteiger partial charge in [-0.1, -0.05) is 0 Å². The minimum Gasteiger partial charge on any atom is -0.352 e. The van der Waals surface area contributed by atoms with Crippen LogP contribution < -0.4 is 16.2 Å². The van der Waals surface area contributed by atoms with Crippen molar-refractivity contribution in [3.63, 3.8) is 0 Å². The largest absolute Gasteiger partial charge is 0.352 e. The van der Waals surface area contributed by atoms with E-state index in [0.717, 1.165) is 32.5 Å². The van der Waals surface area contributed by atoms with Crippen molar-refractivity contribution in [3.8, 4) is 0 Å². The van der Waals surface area contributed by atoms with Gasteiger partial charge in [-0.05, 0) is 45.6 Å². The molecule has 2 heterocycles. The Labute approximate surface area is 114 Å². The first kappa shape index (κ1) is 14.1. The van der Waals surface area contributed by atoms with Crippen molar-refractivity contribution in [3.05, 3.63) is 22.7 Å². The second-order valence-corrected chi connectivity index (χ2v) is 5.59. The topological polar surface area (TPSA) is 64.2 Å². The molecule has 106 valence electrons. The highest BCUT2D eigenvalue weighted by atomic mass is 16.1. The van der Waals surface area contributed by atoms with E-state index in [1.165, 1.54) is 6.42 Å². The molecule has 0 bridgehead atoms. The molecule has 2 N–H and O–H groups in total. The molecule has 19 heavy (non-hydrogen) atoms. The van der Waals surface area contributed by atoms with Gasteiger partial charge in [-0.25, -0.2) is 4.98 Å². The van der Waals surface area contributed by atoms with Gasteiger partial charge in [-0.15, -0.1) is 0 Å².